The summed E-state index contributed by atoms with van der Waals surface area (Å²) in [5, 5.41) is 12.2. The highest BCUT2D eigenvalue weighted by Gasteiger charge is 2.16. The fourth-order valence-electron chi connectivity index (χ4n) is 3.45. The maximum absolute atomic E-state index is 12.2. The summed E-state index contributed by atoms with van der Waals surface area (Å²) in [5.41, 5.74) is 2.62. The Balaban J connectivity index is 1.37. The Kier molecular flexibility index (Phi) is 5.81. The molecule has 7 heteroatoms. The molecule has 1 aromatic heterocycles. The van der Waals surface area contributed by atoms with E-state index in [1.165, 1.54) is 12.8 Å². The summed E-state index contributed by atoms with van der Waals surface area (Å²) in [6.07, 6.45) is 4.53. The van der Waals surface area contributed by atoms with Crippen LogP contribution in [-0.4, -0.2) is 27.3 Å². The zero-order valence-electron chi connectivity index (χ0n) is 16.3. The first kappa shape index (κ1) is 19.5. The number of carbonyl (C=O) groups is 1. The van der Waals surface area contributed by atoms with Crippen LogP contribution in [-0.2, 0) is 17.8 Å². The molecule has 1 amide bonds. The van der Waals surface area contributed by atoms with Gasteiger partial charge < -0.3 is 14.6 Å². The average molecular weight is 411 g/mol. The predicted octanol–water partition coefficient (Wildman–Crippen LogP) is 4.65. The van der Waals surface area contributed by atoms with Gasteiger partial charge in [0.1, 0.15) is 11.6 Å². The molecule has 1 aliphatic rings. The molecular weight excluding hydrogens is 388 g/mol. The third-order valence-electron chi connectivity index (χ3n) is 5.04. The number of amides is 1. The predicted molar refractivity (Wildman–Crippen MR) is 113 cm³/mol. The molecule has 4 rings (SSSR count). The normalized spacial score (nSPS) is 13.4. The number of nitrogens with zero attached hydrogens (tertiary/aromatic N) is 3. The molecule has 0 atom stereocenters. The number of fused-ring (bicyclic) bond motifs is 1. The number of nitrogens with one attached hydrogen (secondary N) is 1. The van der Waals surface area contributed by atoms with Gasteiger partial charge in [-0.25, -0.2) is 0 Å². The van der Waals surface area contributed by atoms with E-state index in [4.69, 9.17) is 16.3 Å². The number of benzene rings is 2. The SMILES string of the molecule is Cc1cc(OCC(=O)Nc2ccc(-c3nnc4n3CCCCC4)cc2)ccc1Cl. The third-order valence-corrected chi connectivity index (χ3v) is 5.46. The molecule has 0 unspecified atom stereocenters. The Labute approximate surface area is 174 Å². The van der Waals surface area contributed by atoms with Crippen LogP contribution in [0.3, 0.4) is 0 Å². The summed E-state index contributed by atoms with van der Waals surface area (Å²) < 4.78 is 7.75. The third kappa shape index (κ3) is 4.59. The Hall–Kier alpha value is -2.86. The molecule has 0 aliphatic carbocycles. The lowest BCUT2D eigenvalue weighted by Gasteiger charge is -2.10. The highest BCUT2D eigenvalue weighted by molar-refractivity contribution is 6.31. The molecule has 2 heterocycles. The lowest BCUT2D eigenvalue weighted by atomic mass is 10.2. The van der Waals surface area contributed by atoms with E-state index in [9.17, 15) is 4.79 Å². The second-order valence-corrected chi connectivity index (χ2v) is 7.63. The molecule has 3 aromatic rings. The monoisotopic (exact) mass is 410 g/mol. The van der Waals surface area contributed by atoms with Crippen molar-refractivity contribution in [1.29, 1.82) is 0 Å². The first-order valence-electron chi connectivity index (χ1n) is 9.81. The largest absolute Gasteiger partial charge is 0.484 e. The smallest absolute Gasteiger partial charge is 0.262 e. The van der Waals surface area contributed by atoms with Crippen molar-refractivity contribution in [2.24, 2.45) is 0 Å². The number of hydrogen-bond acceptors (Lipinski definition) is 4. The maximum atomic E-state index is 12.2. The molecule has 29 heavy (non-hydrogen) atoms. The summed E-state index contributed by atoms with van der Waals surface area (Å²) in [6, 6.07) is 13.0. The molecule has 0 bridgehead atoms. The van der Waals surface area contributed by atoms with E-state index in [0.29, 0.717) is 16.5 Å². The number of anilines is 1. The Morgan fingerprint density at radius 2 is 1.97 bits per heavy atom. The van der Waals surface area contributed by atoms with Gasteiger partial charge in [-0.2, -0.15) is 0 Å². The van der Waals surface area contributed by atoms with Crippen LogP contribution in [0.5, 0.6) is 5.75 Å². The number of carbonyl (C=O) groups excluding carboxylic acids is 1. The first-order chi connectivity index (χ1) is 14.1. The molecule has 150 valence electrons. The molecule has 0 radical (unpaired) electrons. The van der Waals surface area contributed by atoms with Gasteiger partial charge in [0.15, 0.2) is 12.4 Å². The van der Waals surface area contributed by atoms with Gasteiger partial charge in [-0.05, 0) is 67.8 Å². The molecule has 1 N–H and O–H groups in total. The van der Waals surface area contributed by atoms with E-state index < -0.39 is 0 Å². The Bertz CT molecular complexity index is 1010. The minimum absolute atomic E-state index is 0.0689. The molecular formula is C22H23ClN4O2. The van der Waals surface area contributed by atoms with Crippen molar-refractivity contribution >= 4 is 23.2 Å². The average Bonchev–Trinajstić information content (AvgIpc) is 2.97. The second kappa shape index (κ2) is 8.66. The zero-order valence-corrected chi connectivity index (χ0v) is 17.1. The minimum atomic E-state index is -0.221. The summed E-state index contributed by atoms with van der Waals surface area (Å²) in [7, 11) is 0. The summed E-state index contributed by atoms with van der Waals surface area (Å²) in [6.45, 7) is 2.78. The van der Waals surface area contributed by atoms with E-state index >= 15 is 0 Å². The van der Waals surface area contributed by atoms with Crippen LogP contribution < -0.4 is 10.1 Å². The van der Waals surface area contributed by atoms with Crippen molar-refractivity contribution in [2.75, 3.05) is 11.9 Å². The first-order valence-corrected chi connectivity index (χ1v) is 10.2. The van der Waals surface area contributed by atoms with Gasteiger partial charge in [0, 0.05) is 29.2 Å². The summed E-state index contributed by atoms with van der Waals surface area (Å²) >= 11 is 6.00. The fraction of sp³-hybridized carbons (Fsp3) is 0.318. The molecule has 1 aliphatic heterocycles. The van der Waals surface area contributed by atoms with Crippen molar-refractivity contribution < 1.29 is 9.53 Å². The number of aromatic nitrogens is 3. The van der Waals surface area contributed by atoms with E-state index in [1.54, 1.807) is 12.1 Å². The lowest BCUT2D eigenvalue weighted by molar-refractivity contribution is -0.118. The number of rotatable bonds is 5. The highest BCUT2D eigenvalue weighted by Crippen LogP contribution is 2.24. The van der Waals surface area contributed by atoms with Crippen molar-refractivity contribution in [2.45, 2.75) is 39.2 Å². The Morgan fingerprint density at radius 3 is 2.76 bits per heavy atom. The molecule has 0 saturated heterocycles. The van der Waals surface area contributed by atoms with Crippen LogP contribution >= 0.6 is 11.6 Å². The lowest BCUT2D eigenvalue weighted by Crippen LogP contribution is -2.20. The zero-order chi connectivity index (χ0) is 20.2. The molecule has 2 aromatic carbocycles. The summed E-state index contributed by atoms with van der Waals surface area (Å²) in [5.74, 6) is 2.34. The van der Waals surface area contributed by atoms with Gasteiger partial charge in [0.25, 0.3) is 5.91 Å². The van der Waals surface area contributed by atoms with Crippen LogP contribution in [0.1, 0.15) is 30.7 Å². The van der Waals surface area contributed by atoms with Crippen molar-refractivity contribution in [3.8, 4) is 17.1 Å². The van der Waals surface area contributed by atoms with Gasteiger partial charge >= 0.3 is 0 Å². The van der Waals surface area contributed by atoms with E-state index in [2.05, 4.69) is 20.1 Å². The quantitative estimate of drug-likeness (QED) is 0.664. The number of hydrogen-bond donors (Lipinski definition) is 1. The van der Waals surface area contributed by atoms with E-state index in [1.807, 2.05) is 37.3 Å². The molecule has 0 saturated carbocycles. The number of ether oxygens (including phenoxy) is 1. The van der Waals surface area contributed by atoms with Crippen molar-refractivity contribution in [3.05, 3.63) is 58.9 Å². The minimum Gasteiger partial charge on any atom is -0.484 e. The second-order valence-electron chi connectivity index (χ2n) is 7.23. The summed E-state index contributed by atoms with van der Waals surface area (Å²) in [4.78, 5) is 12.2. The number of halogens is 1. The van der Waals surface area contributed by atoms with Crippen LogP contribution in [0.2, 0.25) is 5.02 Å². The standard InChI is InChI=1S/C22H23ClN4O2/c1-15-13-18(10-11-19(15)23)29-14-21(28)24-17-8-6-16(7-9-17)22-26-25-20-5-3-2-4-12-27(20)22/h6-11,13H,2-5,12,14H2,1H3,(H,24,28). The van der Waals surface area contributed by atoms with E-state index in [0.717, 1.165) is 42.2 Å². The van der Waals surface area contributed by atoms with Crippen molar-refractivity contribution in [1.82, 2.24) is 14.8 Å². The molecule has 0 fully saturated rings. The van der Waals surface area contributed by atoms with Gasteiger partial charge in [-0.3, -0.25) is 4.79 Å². The maximum Gasteiger partial charge on any atom is 0.262 e. The van der Waals surface area contributed by atoms with Gasteiger partial charge in [0.05, 0.1) is 0 Å². The van der Waals surface area contributed by atoms with Crippen molar-refractivity contribution in [3.63, 3.8) is 0 Å². The molecule has 6 nitrogen and oxygen atoms in total. The highest BCUT2D eigenvalue weighted by atomic mass is 35.5. The van der Waals surface area contributed by atoms with Crippen LogP contribution in [0.25, 0.3) is 11.4 Å². The molecule has 0 spiro atoms. The Morgan fingerprint density at radius 1 is 1.14 bits per heavy atom. The van der Waals surface area contributed by atoms with Crippen LogP contribution in [0.4, 0.5) is 5.69 Å². The van der Waals surface area contributed by atoms with Crippen LogP contribution in [0.15, 0.2) is 42.5 Å². The topological polar surface area (TPSA) is 69.0 Å². The van der Waals surface area contributed by atoms with Gasteiger partial charge in [-0.1, -0.05) is 18.0 Å². The van der Waals surface area contributed by atoms with Gasteiger partial charge in [0.2, 0.25) is 0 Å². The fourth-order valence-corrected chi connectivity index (χ4v) is 3.57. The van der Waals surface area contributed by atoms with Gasteiger partial charge in [-0.15, -0.1) is 10.2 Å². The van der Waals surface area contributed by atoms with Crippen LogP contribution in [0, 0.1) is 6.92 Å². The number of aryl methyl sites for hydroxylation is 2. The van der Waals surface area contributed by atoms with E-state index in [-0.39, 0.29) is 12.5 Å².